The molecule has 2 rings (SSSR count). The molecule has 0 fully saturated rings. The summed E-state index contributed by atoms with van der Waals surface area (Å²) in [7, 11) is -2.87. The Hall–Kier alpha value is -1.86. The topological polar surface area (TPSA) is 69.7 Å². The second kappa shape index (κ2) is 6.50. The minimum absolute atomic E-state index is 0.0160. The lowest BCUT2D eigenvalue weighted by molar-refractivity contribution is 0.0599. The van der Waals surface area contributed by atoms with Gasteiger partial charge in [-0.1, -0.05) is 18.2 Å². The van der Waals surface area contributed by atoms with Crippen molar-refractivity contribution in [2.45, 2.75) is 11.8 Å². The molecule has 0 aliphatic heterocycles. The van der Waals surface area contributed by atoms with Crippen LogP contribution in [-0.4, -0.2) is 21.5 Å². The second-order valence-corrected chi connectivity index (χ2v) is 6.83. The van der Waals surface area contributed by atoms with Crippen molar-refractivity contribution in [1.82, 2.24) is 0 Å². The number of carbonyl (C=O) groups is 1. The first-order chi connectivity index (χ1) is 10.3. The van der Waals surface area contributed by atoms with E-state index in [1.165, 1.54) is 25.3 Å². The van der Waals surface area contributed by atoms with Crippen molar-refractivity contribution in [3.05, 3.63) is 58.1 Å². The van der Waals surface area contributed by atoms with Crippen molar-refractivity contribution in [1.29, 1.82) is 0 Å². The minimum atomic E-state index is -4.08. The van der Waals surface area contributed by atoms with Crippen molar-refractivity contribution < 1.29 is 22.1 Å². The fourth-order valence-electron chi connectivity index (χ4n) is 1.79. The van der Waals surface area contributed by atoms with E-state index >= 15 is 0 Å². The van der Waals surface area contributed by atoms with Crippen LogP contribution in [0.2, 0.25) is 0 Å². The van der Waals surface area contributed by atoms with E-state index in [2.05, 4.69) is 20.7 Å². The molecule has 116 valence electrons. The van der Waals surface area contributed by atoms with E-state index in [1.54, 1.807) is 24.3 Å². The molecule has 5 nitrogen and oxygen atoms in total. The number of hydrogen-bond donors (Lipinski definition) is 0. The fourth-order valence-corrected chi connectivity index (χ4v) is 3.88. The Bertz CT molecular complexity index is 814. The number of esters is 1. The van der Waals surface area contributed by atoms with E-state index < -0.39 is 16.1 Å². The highest BCUT2D eigenvalue weighted by Gasteiger charge is 2.23. The molecule has 0 bridgehead atoms. The summed E-state index contributed by atoms with van der Waals surface area (Å²) in [5, 5.41) is 0. The van der Waals surface area contributed by atoms with E-state index in [-0.39, 0.29) is 16.2 Å². The van der Waals surface area contributed by atoms with Gasteiger partial charge in [0.25, 0.3) is 0 Å². The first kappa shape index (κ1) is 16.5. The Morgan fingerprint density at radius 3 is 2.45 bits per heavy atom. The van der Waals surface area contributed by atoms with Gasteiger partial charge < -0.3 is 8.92 Å². The Morgan fingerprint density at radius 2 is 1.82 bits per heavy atom. The first-order valence-electron chi connectivity index (χ1n) is 6.23. The van der Waals surface area contributed by atoms with Gasteiger partial charge >= 0.3 is 16.1 Å². The molecule has 0 spiro atoms. The summed E-state index contributed by atoms with van der Waals surface area (Å²) in [4.78, 5) is 11.6. The third kappa shape index (κ3) is 3.48. The summed E-state index contributed by atoms with van der Waals surface area (Å²) in [6.07, 6.45) is 0. The summed E-state index contributed by atoms with van der Waals surface area (Å²) in [5.74, 6) is -0.754. The van der Waals surface area contributed by atoms with E-state index in [0.717, 1.165) is 5.56 Å². The molecule has 22 heavy (non-hydrogen) atoms. The summed E-state index contributed by atoms with van der Waals surface area (Å²) in [6.45, 7) is 1.84. The maximum atomic E-state index is 12.4. The number of benzene rings is 2. The predicted octanol–water partition coefficient (Wildman–Crippen LogP) is 3.31. The summed E-state index contributed by atoms with van der Waals surface area (Å²) >= 11 is 3.21. The van der Waals surface area contributed by atoms with Crippen molar-refractivity contribution in [3.63, 3.8) is 0 Å². The lowest BCUT2D eigenvalue weighted by atomic mass is 10.2. The van der Waals surface area contributed by atoms with E-state index in [4.69, 9.17) is 4.18 Å². The largest absolute Gasteiger partial charge is 0.465 e. The molecule has 0 atom stereocenters. The Morgan fingerprint density at radius 1 is 1.14 bits per heavy atom. The van der Waals surface area contributed by atoms with Gasteiger partial charge in [0.15, 0.2) is 5.75 Å². The van der Waals surface area contributed by atoms with Gasteiger partial charge in [-0.15, -0.1) is 0 Å². The SMILES string of the molecule is COC(=O)c1ccccc1OS(=O)(=O)c1ccc(C)cc1Br. The molecule has 7 heteroatoms. The lowest BCUT2D eigenvalue weighted by Crippen LogP contribution is -2.13. The first-order valence-corrected chi connectivity index (χ1v) is 8.43. The zero-order valence-electron chi connectivity index (χ0n) is 11.9. The van der Waals surface area contributed by atoms with Gasteiger partial charge in [-0.2, -0.15) is 8.42 Å². The van der Waals surface area contributed by atoms with Gasteiger partial charge in [-0.25, -0.2) is 4.79 Å². The molecule has 0 aliphatic rings. The average molecular weight is 385 g/mol. The van der Waals surface area contributed by atoms with Crippen LogP contribution < -0.4 is 4.18 Å². The van der Waals surface area contributed by atoms with E-state index in [0.29, 0.717) is 4.47 Å². The number of halogens is 1. The Labute approximate surface area is 137 Å². The molecule has 0 heterocycles. The van der Waals surface area contributed by atoms with Crippen LogP contribution in [-0.2, 0) is 14.9 Å². The third-order valence-corrected chi connectivity index (χ3v) is 5.06. The number of aryl methyl sites for hydroxylation is 1. The van der Waals surface area contributed by atoms with Gasteiger partial charge in [0.2, 0.25) is 0 Å². The monoisotopic (exact) mass is 384 g/mol. The fraction of sp³-hybridized carbons (Fsp3) is 0.133. The summed E-state index contributed by atoms with van der Waals surface area (Å²) in [6, 6.07) is 10.8. The van der Waals surface area contributed by atoms with Crippen molar-refractivity contribution >= 4 is 32.0 Å². The van der Waals surface area contributed by atoms with Gasteiger partial charge in [-0.3, -0.25) is 0 Å². The van der Waals surface area contributed by atoms with Crippen LogP contribution in [0.5, 0.6) is 5.75 Å². The maximum absolute atomic E-state index is 12.4. The molecule has 2 aromatic carbocycles. The number of methoxy groups -OCH3 is 1. The standard InChI is InChI=1S/C15H13BrO5S/c1-10-7-8-14(12(16)9-10)22(18,19)21-13-6-4-3-5-11(13)15(17)20-2/h3-9H,1-2H3. The van der Waals surface area contributed by atoms with Crippen LogP contribution >= 0.6 is 15.9 Å². The van der Waals surface area contributed by atoms with Gasteiger partial charge in [0.05, 0.1) is 7.11 Å². The van der Waals surface area contributed by atoms with Gasteiger partial charge in [0.1, 0.15) is 10.5 Å². The Kier molecular flexibility index (Phi) is 4.87. The zero-order chi connectivity index (χ0) is 16.3. The van der Waals surface area contributed by atoms with Crippen LogP contribution in [0.4, 0.5) is 0 Å². The summed E-state index contributed by atoms with van der Waals surface area (Å²) in [5.41, 5.74) is 0.942. The van der Waals surface area contributed by atoms with E-state index in [9.17, 15) is 13.2 Å². The molecule has 2 aromatic rings. The molecule has 0 radical (unpaired) electrons. The molecule has 0 aromatic heterocycles. The molecule has 0 unspecified atom stereocenters. The van der Waals surface area contributed by atoms with Crippen LogP contribution in [0.15, 0.2) is 51.8 Å². The van der Waals surface area contributed by atoms with Crippen molar-refractivity contribution in [2.75, 3.05) is 7.11 Å². The smallest absolute Gasteiger partial charge is 0.341 e. The molecule has 0 saturated heterocycles. The molecule has 0 aliphatic carbocycles. The molecular weight excluding hydrogens is 372 g/mol. The number of carbonyl (C=O) groups excluding carboxylic acids is 1. The second-order valence-electron chi connectivity index (χ2n) is 4.46. The minimum Gasteiger partial charge on any atom is -0.465 e. The van der Waals surface area contributed by atoms with Gasteiger partial charge in [0, 0.05) is 4.47 Å². The van der Waals surface area contributed by atoms with Crippen molar-refractivity contribution in [3.8, 4) is 5.75 Å². The van der Waals surface area contributed by atoms with E-state index in [1.807, 2.05) is 6.92 Å². The normalized spacial score (nSPS) is 11.0. The van der Waals surface area contributed by atoms with Gasteiger partial charge in [-0.05, 0) is 52.7 Å². The van der Waals surface area contributed by atoms with Crippen LogP contribution in [0.3, 0.4) is 0 Å². The number of rotatable bonds is 4. The molecule has 0 N–H and O–H groups in total. The molecule has 0 saturated carbocycles. The highest BCUT2D eigenvalue weighted by atomic mass is 79.9. The lowest BCUT2D eigenvalue weighted by Gasteiger charge is -2.11. The van der Waals surface area contributed by atoms with Crippen LogP contribution in [0, 0.1) is 6.92 Å². The third-order valence-electron chi connectivity index (χ3n) is 2.85. The highest BCUT2D eigenvalue weighted by Crippen LogP contribution is 2.28. The average Bonchev–Trinajstić information content (AvgIpc) is 2.46. The predicted molar refractivity (Wildman–Crippen MR) is 84.5 cm³/mol. The number of hydrogen-bond acceptors (Lipinski definition) is 5. The Balaban J connectivity index is 2.44. The molecule has 0 amide bonds. The van der Waals surface area contributed by atoms with Crippen molar-refractivity contribution in [2.24, 2.45) is 0 Å². The highest BCUT2D eigenvalue weighted by molar-refractivity contribution is 9.10. The van der Waals surface area contributed by atoms with Crippen LogP contribution in [0.25, 0.3) is 0 Å². The quantitative estimate of drug-likeness (QED) is 0.597. The number of ether oxygens (including phenoxy) is 1. The number of para-hydroxylation sites is 1. The zero-order valence-corrected chi connectivity index (χ0v) is 14.3. The van der Waals surface area contributed by atoms with Crippen LogP contribution in [0.1, 0.15) is 15.9 Å². The summed E-state index contributed by atoms with van der Waals surface area (Å²) < 4.78 is 34.9. The maximum Gasteiger partial charge on any atom is 0.341 e. The molecular formula is C15H13BrO5S.